The molecule has 8 nitrogen and oxygen atoms in total. The van der Waals surface area contributed by atoms with E-state index in [2.05, 4.69) is 10.6 Å². The number of non-ortho nitro benzene ring substituents is 1. The largest absolute Gasteiger partial charge is 0.492 e. The average Bonchev–Trinajstić information content (AvgIpc) is 2.78. The molecule has 0 unspecified atom stereocenters. The highest BCUT2D eigenvalue weighted by atomic mass is 35.5. The van der Waals surface area contributed by atoms with Gasteiger partial charge in [-0.25, -0.2) is 0 Å². The number of benzene rings is 3. The highest BCUT2D eigenvalue weighted by molar-refractivity contribution is 6.33. The summed E-state index contributed by atoms with van der Waals surface area (Å²) in [5, 5.41) is 16.4. The fourth-order valence-corrected chi connectivity index (χ4v) is 2.86. The Bertz CT molecular complexity index is 1090. The molecule has 0 fully saturated rings. The van der Waals surface area contributed by atoms with Crippen LogP contribution in [-0.4, -0.2) is 29.9 Å². The first-order valence-corrected chi connectivity index (χ1v) is 9.63. The van der Waals surface area contributed by atoms with Crippen LogP contribution in [0.15, 0.2) is 72.8 Å². The Morgan fingerprint density at radius 2 is 1.68 bits per heavy atom. The predicted molar refractivity (Wildman–Crippen MR) is 117 cm³/mol. The lowest BCUT2D eigenvalue weighted by Gasteiger charge is -2.10. The SMILES string of the molecule is O=C(Nc1ccc(OCCNC(=O)c2cc([N+](=O)[O-])ccc2Cl)cc1)c1ccccc1. The van der Waals surface area contributed by atoms with E-state index in [1.807, 2.05) is 6.07 Å². The number of hydrogen-bond donors (Lipinski definition) is 2. The summed E-state index contributed by atoms with van der Waals surface area (Å²) in [7, 11) is 0. The first-order chi connectivity index (χ1) is 14.9. The van der Waals surface area contributed by atoms with Crippen LogP contribution in [-0.2, 0) is 0 Å². The molecule has 3 rings (SSSR count). The van der Waals surface area contributed by atoms with Crippen molar-refractivity contribution >= 4 is 34.8 Å². The summed E-state index contributed by atoms with van der Waals surface area (Å²) in [6.45, 7) is 0.346. The third kappa shape index (κ3) is 6.03. The Labute approximate surface area is 182 Å². The highest BCUT2D eigenvalue weighted by Gasteiger charge is 2.15. The van der Waals surface area contributed by atoms with Gasteiger partial charge in [-0.2, -0.15) is 0 Å². The number of carbonyl (C=O) groups is 2. The van der Waals surface area contributed by atoms with Crippen LogP contribution in [0.4, 0.5) is 11.4 Å². The minimum absolute atomic E-state index is 0.0226. The molecule has 0 saturated carbocycles. The van der Waals surface area contributed by atoms with Gasteiger partial charge >= 0.3 is 0 Å². The quantitative estimate of drug-likeness (QED) is 0.308. The normalized spacial score (nSPS) is 10.2. The number of ether oxygens (including phenoxy) is 1. The van der Waals surface area contributed by atoms with Gasteiger partial charge < -0.3 is 15.4 Å². The Hall–Kier alpha value is -3.91. The van der Waals surface area contributed by atoms with E-state index in [0.29, 0.717) is 17.0 Å². The van der Waals surface area contributed by atoms with Gasteiger partial charge in [0.1, 0.15) is 12.4 Å². The minimum atomic E-state index is -0.595. The molecule has 3 aromatic carbocycles. The summed E-state index contributed by atoms with van der Waals surface area (Å²) in [6.07, 6.45) is 0. The number of nitrogens with zero attached hydrogens (tertiary/aromatic N) is 1. The number of halogens is 1. The smallest absolute Gasteiger partial charge is 0.270 e. The molecule has 0 saturated heterocycles. The van der Waals surface area contributed by atoms with E-state index in [0.717, 1.165) is 6.07 Å². The average molecular weight is 440 g/mol. The van der Waals surface area contributed by atoms with Crippen LogP contribution in [0.25, 0.3) is 0 Å². The van der Waals surface area contributed by atoms with Crippen molar-refractivity contribution in [2.24, 2.45) is 0 Å². The lowest BCUT2D eigenvalue weighted by atomic mass is 10.2. The third-order valence-electron chi connectivity index (χ3n) is 4.21. The number of nitro groups is 1. The Kier molecular flexibility index (Phi) is 7.18. The van der Waals surface area contributed by atoms with Crippen molar-refractivity contribution in [3.63, 3.8) is 0 Å². The maximum atomic E-state index is 12.2. The van der Waals surface area contributed by atoms with E-state index in [1.54, 1.807) is 48.5 Å². The van der Waals surface area contributed by atoms with Crippen molar-refractivity contribution in [1.82, 2.24) is 5.32 Å². The zero-order valence-corrected chi connectivity index (χ0v) is 17.0. The zero-order chi connectivity index (χ0) is 22.2. The molecule has 3 aromatic rings. The van der Waals surface area contributed by atoms with Gasteiger partial charge in [0, 0.05) is 23.4 Å². The van der Waals surface area contributed by atoms with Crippen molar-refractivity contribution in [1.29, 1.82) is 0 Å². The lowest BCUT2D eigenvalue weighted by molar-refractivity contribution is -0.384. The molecule has 2 amide bonds. The number of nitrogens with one attached hydrogen (secondary N) is 2. The van der Waals surface area contributed by atoms with E-state index in [9.17, 15) is 19.7 Å². The second-order valence-electron chi connectivity index (χ2n) is 6.37. The lowest BCUT2D eigenvalue weighted by Crippen LogP contribution is -2.28. The van der Waals surface area contributed by atoms with Crippen molar-refractivity contribution in [3.05, 3.63) is 99.1 Å². The summed E-state index contributed by atoms with van der Waals surface area (Å²) in [5.74, 6) is -0.187. The van der Waals surface area contributed by atoms with Crippen LogP contribution in [0.5, 0.6) is 5.75 Å². The van der Waals surface area contributed by atoms with E-state index < -0.39 is 10.8 Å². The summed E-state index contributed by atoms with van der Waals surface area (Å²) in [5.41, 5.74) is 0.983. The molecule has 0 spiro atoms. The van der Waals surface area contributed by atoms with Gasteiger partial charge in [0.05, 0.1) is 22.1 Å². The van der Waals surface area contributed by atoms with Crippen LogP contribution < -0.4 is 15.4 Å². The molecule has 0 bridgehead atoms. The fourth-order valence-electron chi connectivity index (χ4n) is 2.66. The van der Waals surface area contributed by atoms with Crippen LogP contribution in [0, 0.1) is 10.1 Å². The minimum Gasteiger partial charge on any atom is -0.492 e. The van der Waals surface area contributed by atoms with E-state index >= 15 is 0 Å². The van der Waals surface area contributed by atoms with Crippen LogP contribution >= 0.6 is 11.6 Å². The summed E-state index contributed by atoms with van der Waals surface area (Å²) >= 11 is 5.95. The second kappa shape index (κ2) is 10.2. The first-order valence-electron chi connectivity index (χ1n) is 9.25. The van der Waals surface area contributed by atoms with Gasteiger partial charge in [-0.05, 0) is 42.5 Å². The molecule has 9 heteroatoms. The van der Waals surface area contributed by atoms with Crippen molar-refractivity contribution in [3.8, 4) is 5.75 Å². The van der Waals surface area contributed by atoms with Gasteiger partial charge in [0.2, 0.25) is 0 Å². The molecule has 0 heterocycles. The molecule has 158 valence electrons. The van der Waals surface area contributed by atoms with Crippen LogP contribution in [0.3, 0.4) is 0 Å². The number of rotatable bonds is 8. The molecule has 31 heavy (non-hydrogen) atoms. The number of hydrogen-bond acceptors (Lipinski definition) is 5. The molecule has 0 aromatic heterocycles. The molecular formula is C22H18ClN3O5. The van der Waals surface area contributed by atoms with Gasteiger partial charge in [-0.3, -0.25) is 19.7 Å². The number of anilines is 1. The summed E-state index contributed by atoms with van der Waals surface area (Å²) in [4.78, 5) is 34.6. The van der Waals surface area contributed by atoms with Gasteiger partial charge in [0.15, 0.2) is 0 Å². The monoisotopic (exact) mass is 439 g/mol. The Balaban J connectivity index is 1.47. The third-order valence-corrected chi connectivity index (χ3v) is 4.54. The summed E-state index contributed by atoms with van der Waals surface area (Å²) < 4.78 is 5.56. The Morgan fingerprint density at radius 3 is 2.35 bits per heavy atom. The Morgan fingerprint density at radius 1 is 0.968 bits per heavy atom. The molecule has 0 aliphatic heterocycles. The molecule has 2 N–H and O–H groups in total. The fraction of sp³-hybridized carbons (Fsp3) is 0.0909. The van der Waals surface area contributed by atoms with Crippen LogP contribution in [0.2, 0.25) is 5.02 Å². The maximum Gasteiger partial charge on any atom is 0.270 e. The van der Waals surface area contributed by atoms with Gasteiger partial charge in [0.25, 0.3) is 17.5 Å². The number of amides is 2. The molecule has 0 aliphatic rings. The van der Waals surface area contributed by atoms with E-state index in [-0.39, 0.29) is 35.3 Å². The standard InChI is InChI=1S/C22H18ClN3O5/c23-20-11-8-17(26(29)30)14-19(20)22(28)24-12-13-31-18-9-6-16(7-10-18)25-21(27)15-4-2-1-3-5-15/h1-11,14H,12-13H2,(H,24,28)(H,25,27). The maximum absolute atomic E-state index is 12.2. The highest BCUT2D eigenvalue weighted by Crippen LogP contribution is 2.22. The van der Waals surface area contributed by atoms with Crippen LogP contribution in [0.1, 0.15) is 20.7 Å². The van der Waals surface area contributed by atoms with Crippen molar-refractivity contribution in [2.45, 2.75) is 0 Å². The van der Waals surface area contributed by atoms with Gasteiger partial charge in [-0.15, -0.1) is 0 Å². The van der Waals surface area contributed by atoms with Gasteiger partial charge in [-0.1, -0.05) is 29.8 Å². The molecule has 0 radical (unpaired) electrons. The second-order valence-corrected chi connectivity index (χ2v) is 6.78. The zero-order valence-electron chi connectivity index (χ0n) is 16.2. The molecule has 0 atom stereocenters. The van der Waals surface area contributed by atoms with Crippen molar-refractivity contribution < 1.29 is 19.2 Å². The number of carbonyl (C=O) groups excluding carboxylic acids is 2. The van der Waals surface area contributed by atoms with E-state index in [4.69, 9.17) is 16.3 Å². The summed E-state index contributed by atoms with van der Waals surface area (Å²) in [6, 6.07) is 19.3. The molecular weight excluding hydrogens is 422 g/mol. The van der Waals surface area contributed by atoms with E-state index in [1.165, 1.54) is 12.1 Å². The number of nitro benzene ring substituents is 1. The topological polar surface area (TPSA) is 111 Å². The molecule has 0 aliphatic carbocycles. The first kappa shape index (κ1) is 21.8. The predicted octanol–water partition coefficient (Wildman–Crippen LogP) is 4.31. The van der Waals surface area contributed by atoms with Crippen molar-refractivity contribution in [2.75, 3.05) is 18.5 Å².